The Morgan fingerprint density at radius 2 is 2.04 bits per heavy atom. The minimum absolute atomic E-state index is 0.0651. The molecule has 1 aliphatic carbocycles. The van der Waals surface area contributed by atoms with Gasteiger partial charge in [-0.15, -0.1) is 0 Å². The summed E-state index contributed by atoms with van der Waals surface area (Å²) in [4.78, 5) is 31.5. The summed E-state index contributed by atoms with van der Waals surface area (Å²) in [6, 6.07) is 8.12. The van der Waals surface area contributed by atoms with Crippen molar-refractivity contribution >= 4 is 16.9 Å². The number of hydrogen-bond acceptors (Lipinski definition) is 3. The average Bonchev–Trinajstić information content (AvgIpc) is 2.93. The molecule has 1 aromatic carbocycles. The molecule has 1 aliphatic heterocycles. The van der Waals surface area contributed by atoms with Crippen molar-refractivity contribution in [2.75, 3.05) is 0 Å². The lowest BCUT2D eigenvalue weighted by Crippen LogP contribution is -2.45. The second kappa shape index (κ2) is 6.04. The van der Waals surface area contributed by atoms with Crippen LogP contribution in [0.4, 0.5) is 0 Å². The monoisotopic (exact) mass is 325 g/mol. The maximum atomic E-state index is 13.0. The molecule has 4 rings (SSSR count). The van der Waals surface area contributed by atoms with E-state index in [4.69, 9.17) is 0 Å². The summed E-state index contributed by atoms with van der Waals surface area (Å²) in [6.45, 7) is 2.25. The second-order valence-electron chi connectivity index (χ2n) is 7.17. The quantitative estimate of drug-likeness (QED) is 0.853. The zero-order valence-corrected chi connectivity index (χ0v) is 14.0. The zero-order chi connectivity index (χ0) is 16.7. The molecular weight excluding hydrogens is 302 g/mol. The van der Waals surface area contributed by atoms with Gasteiger partial charge < -0.3 is 4.90 Å². The zero-order valence-electron chi connectivity index (χ0n) is 14.0. The molecular formula is C19H23N3O2. The summed E-state index contributed by atoms with van der Waals surface area (Å²) in [6.07, 6.45) is 7.23. The Balaban J connectivity index is 1.65. The van der Waals surface area contributed by atoms with Crippen LogP contribution in [0.25, 0.3) is 11.0 Å². The number of rotatable bonds is 2. The lowest BCUT2D eigenvalue weighted by Gasteiger charge is -2.33. The van der Waals surface area contributed by atoms with Crippen LogP contribution in [0.2, 0.25) is 0 Å². The molecule has 2 aromatic rings. The molecule has 3 atom stereocenters. The molecule has 1 amide bonds. The number of likely N-dealkylation sites (tertiary alicyclic amines) is 1. The predicted molar refractivity (Wildman–Crippen MR) is 92.7 cm³/mol. The Bertz CT molecular complexity index is 829. The molecule has 0 unspecified atom stereocenters. The molecule has 126 valence electrons. The highest BCUT2D eigenvalue weighted by atomic mass is 16.2. The highest BCUT2D eigenvalue weighted by Crippen LogP contribution is 2.39. The minimum Gasteiger partial charge on any atom is -0.335 e. The molecule has 24 heavy (non-hydrogen) atoms. The molecule has 2 aliphatic rings. The molecule has 2 fully saturated rings. The Labute approximate surface area is 141 Å². The molecule has 5 heteroatoms. The van der Waals surface area contributed by atoms with Crippen LogP contribution in [-0.4, -0.2) is 32.4 Å². The molecule has 0 spiro atoms. The second-order valence-corrected chi connectivity index (χ2v) is 7.17. The van der Waals surface area contributed by atoms with E-state index in [0.29, 0.717) is 12.0 Å². The van der Waals surface area contributed by atoms with Gasteiger partial charge in [0, 0.05) is 12.1 Å². The van der Waals surface area contributed by atoms with Crippen LogP contribution >= 0.6 is 0 Å². The number of amides is 1. The number of carbonyl (C=O) groups is 1. The van der Waals surface area contributed by atoms with Gasteiger partial charge in [-0.2, -0.15) is 0 Å². The van der Waals surface area contributed by atoms with E-state index < -0.39 is 0 Å². The van der Waals surface area contributed by atoms with Gasteiger partial charge >= 0.3 is 0 Å². The molecule has 0 bridgehead atoms. The fourth-order valence-electron chi connectivity index (χ4n) is 4.63. The number of fused-ring (bicyclic) bond motifs is 2. The highest BCUT2D eigenvalue weighted by Gasteiger charge is 2.42. The largest absolute Gasteiger partial charge is 0.335 e. The Morgan fingerprint density at radius 3 is 2.92 bits per heavy atom. The van der Waals surface area contributed by atoms with Crippen molar-refractivity contribution in [3.8, 4) is 0 Å². The van der Waals surface area contributed by atoms with Crippen molar-refractivity contribution < 1.29 is 4.79 Å². The van der Waals surface area contributed by atoms with Gasteiger partial charge in [-0.1, -0.05) is 25.0 Å². The van der Waals surface area contributed by atoms with E-state index in [2.05, 4.69) is 16.8 Å². The van der Waals surface area contributed by atoms with E-state index in [0.717, 1.165) is 23.9 Å². The van der Waals surface area contributed by atoms with Crippen LogP contribution in [-0.2, 0) is 11.3 Å². The number of para-hydroxylation sites is 2. The fraction of sp³-hybridized carbons (Fsp3) is 0.526. The topological polar surface area (TPSA) is 55.2 Å². The average molecular weight is 325 g/mol. The van der Waals surface area contributed by atoms with Gasteiger partial charge in [0.2, 0.25) is 5.91 Å². The normalized spacial score (nSPS) is 26.5. The fourth-order valence-corrected chi connectivity index (χ4v) is 4.63. The van der Waals surface area contributed by atoms with E-state index in [1.807, 2.05) is 24.3 Å². The predicted octanol–water partition coefficient (Wildman–Crippen LogP) is 2.58. The molecule has 5 nitrogen and oxygen atoms in total. The van der Waals surface area contributed by atoms with Gasteiger partial charge in [-0.05, 0) is 44.2 Å². The van der Waals surface area contributed by atoms with Crippen molar-refractivity contribution in [3.63, 3.8) is 0 Å². The van der Waals surface area contributed by atoms with Gasteiger partial charge in [0.05, 0.1) is 17.2 Å². The van der Waals surface area contributed by atoms with Crippen LogP contribution in [0.5, 0.6) is 0 Å². The van der Waals surface area contributed by atoms with Crippen LogP contribution in [0.1, 0.15) is 39.0 Å². The first-order valence-corrected chi connectivity index (χ1v) is 8.91. The summed E-state index contributed by atoms with van der Waals surface area (Å²) < 4.78 is 1.56. The third-order valence-corrected chi connectivity index (χ3v) is 5.68. The third-order valence-electron chi connectivity index (χ3n) is 5.68. The van der Waals surface area contributed by atoms with Gasteiger partial charge in [-0.3, -0.25) is 14.2 Å². The summed E-state index contributed by atoms with van der Waals surface area (Å²) in [5.41, 5.74) is 1.26. The van der Waals surface area contributed by atoms with E-state index in [9.17, 15) is 9.59 Å². The van der Waals surface area contributed by atoms with Crippen molar-refractivity contribution in [2.24, 2.45) is 5.92 Å². The first-order valence-electron chi connectivity index (χ1n) is 8.91. The number of aromatic nitrogens is 2. The number of nitrogens with zero attached hydrogens (tertiary/aromatic N) is 3. The van der Waals surface area contributed by atoms with E-state index in [1.165, 1.54) is 25.5 Å². The van der Waals surface area contributed by atoms with Crippen molar-refractivity contribution in [1.82, 2.24) is 14.5 Å². The summed E-state index contributed by atoms with van der Waals surface area (Å²) in [7, 11) is 0. The number of carbonyl (C=O) groups excluding carboxylic acids is 1. The molecule has 2 heterocycles. The minimum atomic E-state index is -0.214. The first-order chi connectivity index (χ1) is 11.6. The van der Waals surface area contributed by atoms with Crippen LogP contribution in [0.3, 0.4) is 0 Å². The van der Waals surface area contributed by atoms with Crippen LogP contribution in [0, 0.1) is 5.92 Å². The molecule has 1 saturated carbocycles. The number of hydrogen-bond donors (Lipinski definition) is 0. The summed E-state index contributed by atoms with van der Waals surface area (Å²) >= 11 is 0. The standard InChI is InChI=1S/C19H23N3O2/c1-13-10-14-6-2-4-8-16(14)22(13)19(24)12-21-17-9-5-3-7-15(17)20-11-18(21)23/h3,5,7,9,11,13-14,16H,2,4,6,8,10,12H2,1H3/t13-,14+,16+/m1/s1. The third kappa shape index (κ3) is 2.52. The maximum absolute atomic E-state index is 13.0. The Kier molecular flexibility index (Phi) is 3.87. The first kappa shape index (κ1) is 15.4. The molecule has 1 saturated heterocycles. The lowest BCUT2D eigenvalue weighted by atomic mass is 9.85. The van der Waals surface area contributed by atoms with Gasteiger partial charge in [0.25, 0.3) is 5.56 Å². The van der Waals surface area contributed by atoms with E-state index in [-0.39, 0.29) is 24.1 Å². The lowest BCUT2D eigenvalue weighted by molar-refractivity contribution is -0.135. The molecule has 0 N–H and O–H groups in total. The van der Waals surface area contributed by atoms with Crippen molar-refractivity contribution in [3.05, 3.63) is 40.8 Å². The summed E-state index contributed by atoms with van der Waals surface area (Å²) in [5, 5.41) is 0. The van der Waals surface area contributed by atoms with Crippen molar-refractivity contribution in [1.29, 1.82) is 0 Å². The van der Waals surface area contributed by atoms with Crippen LogP contribution in [0.15, 0.2) is 35.3 Å². The summed E-state index contributed by atoms with van der Waals surface area (Å²) in [5.74, 6) is 0.707. The SMILES string of the molecule is C[C@@H]1C[C@@H]2CCCC[C@@H]2N1C(=O)Cn1c(=O)cnc2ccccc21. The smallest absolute Gasteiger partial charge is 0.269 e. The van der Waals surface area contributed by atoms with Gasteiger partial charge in [0.1, 0.15) is 6.54 Å². The highest BCUT2D eigenvalue weighted by molar-refractivity contribution is 5.80. The maximum Gasteiger partial charge on any atom is 0.269 e. The number of benzene rings is 1. The van der Waals surface area contributed by atoms with Crippen molar-refractivity contribution in [2.45, 2.75) is 57.7 Å². The Hall–Kier alpha value is -2.17. The van der Waals surface area contributed by atoms with Gasteiger partial charge in [0.15, 0.2) is 0 Å². The molecule has 0 radical (unpaired) electrons. The van der Waals surface area contributed by atoms with E-state index in [1.54, 1.807) is 4.57 Å². The van der Waals surface area contributed by atoms with Gasteiger partial charge in [-0.25, -0.2) is 4.98 Å². The van der Waals surface area contributed by atoms with Crippen LogP contribution < -0.4 is 5.56 Å². The Morgan fingerprint density at radius 1 is 1.25 bits per heavy atom. The van der Waals surface area contributed by atoms with E-state index >= 15 is 0 Å². The molecule has 1 aromatic heterocycles.